The number of morpholine rings is 1. The molecule has 0 saturated carbocycles. The lowest BCUT2D eigenvalue weighted by atomic mass is 9.91. The molecule has 1 aromatic heterocycles. The van der Waals surface area contributed by atoms with Crippen molar-refractivity contribution in [3.63, 3.8) is 0 Å². The number of fused-ring (bicyclic) bond motifs is 1. The standard InChI is InChI=1S/C20H27N3O2/c1-20(2,15-23-10-12-25-13-11-23)14-22(3)19(24)18-17-7-5-4-6-16(17)8-9-21-18/h4-9H,10-15H2,1-3H3. The SMILES string of the molecule is CN(CC(C)(C)CN1CCOCC1)C(=O)c1nccc2ccccc12. The predicted octanol–water partition coefficient (Wildman–Crippen LogP) is 2.67. The number of pyridine rings is 1. The molecule has 5 nitrogen and oxygen atoms in total. The highest BCUT2D eigenvalue weighted by atomic mass is 16.5. The molecule has 1 aliphatic rings. The van der Waals surface area contributed by atoms with Crippen LogP contribution in [0.3, 0.4) is 0 Å². The molecule has 25 heavy (non-hydrogen) atoms. The summed E-state index contributed by atoms with van der Waals surface area (Å²) < 4.78 is 5.42. The lowest BCUT2D eigenvalue weighted by Gasteiger charge is -2.37. The highest BCUT2D eigenvalue weighted by Gasteiger charge is 2.27. The lowest BCUT2D eigenvalue weighted by Crippen LogP contribution is -2.46. The quantitative estimate of drug-likeness (QED) is 0.839. The van der Waals surface area contributed by atoms with E-state index < -0.39 is 0 Å². The van der Waals surface area contributed by atoms with E-state index in [0.717, 1.165) is 43.6 Å². The van der Waals surface area contributed by atoms with Crippen LogP contribution >= 0.6 is 0 Å². The van der Waals surface area contributed by atoms with Gasteiger partial charge in [0.25, 0.3) is 5.91 Å². The molecular formula is C20H27N3O2. The Bertz CT molecular complexity index is 733. The zero-order chi connectivity index (χ0) is 17.9. The second-order valence-corrected chi connectivity index (χ2v) is 7.59. The molecule has 134 valence electrons. The van der Waals surface area contributed by atoms with Crippen molar-refractivity contribution in [2.75, 3.05) is 46.4 Å². The lowest BCUT2D eigenvalue weighted by molar-refractivity contribution is 0.0162. The van der Waals surface area contributed by atoms with Crippen LogP contribution in [0, 0.1) is 5.41 Å². The summed E-state index contributed by atoms with van der Waals surface area (Å²) in [5.41, 5.74) is 0.537. The third-order valence-corrected chi connectivity index (χ3v) is 4.64. The number of hydrogen-bond acceptors (Lipinski definition) is 4. The summed E-state index contributed by atoms with van der Waals surface area (Å²) in [5.74, 6) is -0.0214. The van der Waals surface area contributed by atoms with E-state index in [4.69, 9.17) is 4.74 Å². The number of aromatic nitrogens is 1. The first-order valence-electron chi connectivity index (χ1n) is 8.86. The van der Waals surface area contributed by atoms with E-state index in [2.05, 4.69) is 23.7 Å². The molecule has 0 spiro atoms. The van der Waals surface area contributed by atoms with Crippen LogP contribution in [0.15, 0.2) is 36.5 Å². The summed E-state index contributed by atoms with van der Waals surface area (Å²) in [5, 5.41) is 1.95. The molecule has 0 atom stereocenters. The van der Waals surface area contributed by atoms with Crippen molar-refractivity contribution in [1.82, 2.24) is 14.8 Å². The average molecular weight is 341 g/mol. The van der Waals surface area contributed by atoms with Crippen molar-refractivity contribution in [2.45, 2.75) is 13.8 Å². The molecule has 1 fully saturated rings. The van der Waals surface area contributed by atoms with Gasteiger partial charge in [0, 0.05) is 44.8 Å². The molecule has 1 aromatic carbocycles. The van der Waals surface area contributed by atoms with Crippen LogP contribution in [0.25, 0.3) is 10.8 Å². The van der Waals surface area contributed by atoms with Gasteiger partial charge in [-0.3, -0.25) is 14.7 Å². The first-order chi connectivity index (χ1) is 12.0. The average Bonchev–Trinajstić information content (AvgIpc) is 2.60. The minimum absolute atomic E-state index is 0.00628. The molecule has 0 radical (unpaired) electrons. The van der Waals surface area contributed by atoms with Gasteiger partial charge in [-0.1, -0.05) is 38.1 Å². The molecule has 0 N–H and O–H groups in total. The van der Waals surface area contributed by atoms with Crippen molar-refractivity contribution in [1.29, 1.82) is 0 Å². The second-order valence-electron chi connectivity index (χ2n) is 7.59. The molecule has 5 heteroatoms. The van der Waals surface area contributed by atoms with Crippen LogP contribution in [-0.4, -0.2) is 67.1 Å². The van der Waals surface area contributed by atoms with Gasteiger partial charge in [0.1, 0.15) is 5.69 Å². The van der Waals surface area contributed by atoms with E-state index in [1.54, 1.807) is 11.1 Å². The van der Waals surface area contributed by atoms with E-state index in [0.29, 0.717) is 12.2 Å². The summed E-state index contributed by atoms with van der Waals surface area (Å²) in [6.07, 6.45) is 1.71. The van der Waals surface area contributed by atoms with Gasteiger partial charge in [-0.15, -0.1) is 0 Å². The second kappa shape index (κ2) is 7.50. The number of benzene rings is 1. The summed E-state index contributed by atoms with van der Waals surface area (Å²) in [4.78, 5) is 21.5. The van der Waals surface area contributed by atoms with E-state index in [-0.39, 0.29) is 11.3 Å². The zero-order valence-corrected chi connectivity index (χ0v) is 15.4. The smallest absolute Gasteiger partial charge is 0.272 e. The largest absolute Gasteiger partial charge is 0.379 e. The molecule has 3 rings (SSSR count). The molecule has 1 saturated heterocycles. The van der Waals surface area contributed by atoms with Gasteiger partial charge in [-0.2, -0.15) is 0 Å². The summed E-state index contributed by atoms with van der Waals surface area (Å²) in [6, 6.07) is 9.84. The molecule has 2 heterocycles. The van der Waals surface area contributed by atoms with E-state index in [9.17, 15) is 4.79 Å². The van der Waals surface area contributed by atoms with Crippen molar-refractivity contribution in [3.05, 3.63) is 42.2 Å². The zero-order valence-electron chi connectivity index (χ0n) is 15.4. The number of hydrogen-bond donors (Lipinski definition) is 0. The third-order valence-electron chi connectivity index (χ3n) is 4.64. The maximum Gasteiger partial charge on any atom is 0.272 e. The molecule has 0 bridgehead atoms. The van der Waals surface area contributed by atoms with Gasteiger partial charge >= 0.3 is 0 Å². The van der Waals surface area contributed by atoms with Crippen molar-refractivity contribution in [3.8, 4) is 0 Å². The molecule has 0 unspecified atom stereocenters. The Morgan fingerprint density at radius 1 is 1.24 bits per heavy atom. The highest BCUT2D eigenvalue weighted by molar-refractivity contribution is 6.05. The third kappa shape index (κ3) is 4.35. The van der Waals surface area contributed by atoms with Gasteiger partial charge in [0.2, 0.25) is 0 Å². The van der Waals surface area contributed by atoms with Crippen LogP contribution in [0.1, 0.15) is 24.3 Å². The van der Waals surface area contributed by atoms with E-state index >= 15 is 0 Å². The Kier molecular flexibility index (Phi) is 5.35. The van der Waals surface area contributed by atoms with Crippen LogP contribution in [0.2, 0.25) is 0 Å². The number of rotatable bonds is 5. The normalized spacial score (nSPS) is 16.1. The fourth-order valence-electron chi connectivity index (χ4n) is 3.60. The Labute approximate surface area is 149 Å². The molecule has 1 amide bonds. The van der Waals surface area contributed by atoms with Gasteiger partial charge in [-0.25, -0.2) is 0 Å². The Morgan fingerprint density at radius 3 is 2.72 bits per heavy atom. The van der Waals surface area contributed by atoms with Crippen molar-refractivity contribution in [2.24, 2.45) is 5.41 Å². The molecule has 2 aromatic rings. The molecule has 1 aliphatic heterocycles. The first-order valence-corrected chi connectivity index (χ1v) is 8.86. The van der Waals surface area contributed by atoms with Gasteiger partial charge in [-0.05, 0) is 16.9 Å². The maximum atomic E-state index is 13.0. The number of carbonyl (C=O) groups excluding carboxylic acids is 1. The first kappa shape index (κ1) is 17.8. The minimum Gasteiger partial charge on any atom is -0.379 e. The van der Waals surface area contributed by atoms with Crippen LogP contribution < -0.4 is 0 Å². The van der Waals surface area contributed by atoms with E-state index in [1.165, 1.54) is 0 Å². The van der Waals surface area contributed by atoms with Crippen LogP contribution in [0.5, 0.6) is 0 Å². The summed E-state index contributed by atoms with van der Waals surface area (Å²) in [7, 11) is 1.87. The fraction of sp³-hybridized carbons (Fsp3) is 0.500. The van der Waals surface area contributed by atoms with Gasteiger partial charge in [0.05, 0.1) is 13.2 Å². The number of carbonyl (C=O) groups is 1. The van der Waals surface area contributed by atoms with Crippen LogP contribution in [-0.2, 0) is 4.74 Å². The molecular weight excluding hydrogens is 314 g/mol. The summed E-state index contributed by atoms with van der Waals surface area (Å²) >= 11 is 0. The molecule has 0 aliphatic carbocycles. The fourth-order valence-corrected chi connectivity index (χ4v) is 3.60. The Hall–Kier alpha value is -1.98. The number of nitrogens with zero attached hydrogens (tertiary/aromatic N) is 3. The number of amides is 1. The Balaban J connectivity index is 1.71. The van der Waals surface area contributed by atoms with Crippen molar-refractivity contribution < 1.29 is 9.53 Å². The minimum atomic E-state index is -0.0214. The Morgan fingerprint density at radius 2 is 1.96 bits per heavy atom. The van der Waals surface area contributed by atoms with Gasteiger partial charge < -0.3 is 9.64 Å². The number of ether oxygens (including phenoxy) is 1. The highest BCUT2D eigenvalue weighted by Crippen LogP contribution is 2.22. The topological polar surface area (TPSA) is 45.7 Å². The van der Waals surface area contributed by atoms with Crippen LogP contribution in [0.4, 0.5) is 0 Å². The predicted molar refractivity (Wildman–Crippen MR) is 99.7 cm³/mol. The van der Waals surface area contributed by atoms with Crippen molar-refractivity contribution >= 4 is 16.7 Å². The summed E-state index contributed by atoms with van der Waals surface area (Å²) in [6.45, 7) is 9.59. The maximum absolute atomic E-state index is 13.0. The van der Waals surface area contributed by atoms with E-state index in [1.807, 2.05) is 37.4 Å². The monoisotopic (exact) mass is 341 g/mol. The van der Waals surface area contributed by atoms with Gasteiger partial charge in [0.15, 0.2) is 0 Å².